The Bertz CT molecular complexity index is 152. The van der Waals surface area contributed by atoms with Crippen LogP contribution in [0.1, 0.15) is 25.7 Å². The van der Waals surface area contributed by atoms with E-state index in [1.54, 1.807) is 0 Å². The van der Waals surface area contributed by atoms with Crippen molar-refractivity contribution in [1.82, 2.24) is 0 Å². The van der Waals surface area contributed by atoms with E-state index in [0.29, 0.717) is 0 Å². The van der Waals surface area contributed by atoms with E-state index in [1.165, 1.54) is 7.11 Å². The highest BCUT2D eigenvalue weighted by Gasteiger charge is 2.25. The third kappa shape index (κ3) is 2.99. The fraction of sp³-hybridized carbons (Fsp3) is 0.875. The zero-order valence-electron chi connectivity index (χ0n) is 7.29. The van der Waals surface area contributed by atoms with Crippen LogP contribution in [0.5, 0.6) is 0 Å². The van der Waals surface area contributed by atoms with E-state index < -0.39 is 0 Å². The number of carbonyl (C=O) groups excluding carboxylic acids is 1. The summed E-state index contributed by atoms with van der Waals surface area (Å²) in [5.41, 5.74) is 5.71. The van der Waals surface area contributed by atoms with Gasteiger partial charge in [-0.25, -0.2) is 0 Å². The Morgan fingerprint density at radius 1 is 1.50 bits per heavy atom. The zero-order valence-corrected chi connectivity index (χ0v) is 8.10. The third-order valence-electron chi connectivity index (χ3n) is 2.25. The number of nitrogens with two attached hydrogens (primary N) is 1. The summed E-state index contributed by atoms with van der Waals surface area (Å²) in [7, 11) is 1.43. The number of esters is 1. The van der Waals surface area contributed by atoms with Gasteiger partial charge in [0.25, 0.3) is 0 Å². The van der Waals surface area contributed by atoms with Crippen LogP contribution in [-0.2, 0) is 9.53 Å². The molecule has 0 radical (unpaired) electrons. The second kappa shape index (κ2) is 5.38. The van der Waals surface area contributed by atoms with Gasteiger partial charge < -0.3 is 10.5 Å². The maximum absolute atomic E-state index is 11.0. The average Bonchev–Trinajstić information content (AvgIpc) is 2.03. The van der Waals surface area contributed by atoms with Gasteiger partial charge in [0.2, 0.25) is 0 Å². The van der Waals surface area contributed by atoms with Crippen LogP contribution in [0, 0.1) is 5.92 Å². The lowest BCUT2D eigenvalue weighted by molar-refractivity contribution is -0.146. The molecule has 2 N–H and O–H groups in total. The van der Waals surface area contributed by atoms with Gasteiger partial charge in [-0.05, 0) is 19.3 Å². The fourth-order valence-corrected chi connectivity index (χ4v) is 1.61. The molecular formula is C8H16ClNO2. The number of ether oxygens (including phenoxy) is 1. The smallest absolute Gasteiger partial charge is 0.308 e. The Balaban J connectivity index is 0.00000121. The summed E-state index contributed by atoms with van der Waals surface area (Å²) in [6.45, 7) is 0. The molecule has 12 heavy (non-hydrogen) atoms. The Labute approximate surface area is 79.1 Å². The molecule has 1 saturated carbocycles. The van der Waals surface area contributed by atoms with Gasteiger partial charge in [0, 0.05) is 6.04 Å². The lowest BCUT2D eigenvalue weighted by atomic mass is 9.86. The number of hydrogen-bond acceptors (Lipinski definition) is 3. The van der Waals surface area contributed by atoms with Crippen molar-refractivity contribution in [2.45, 2.75) is 31.7 Å². The highest BCUT2D eigenvalue weighted by atomic mass is 35.5. The third-order valence-corrected chi connectivity index (χ3v) is 2.25. The van der Waals surface area contributed by atoms with Gasteiger partial charge in [-0.1, -0.05) is 6.42 Å². The van der Waals surface area contributed by atoms with Crippen LogP contribution in [0.25, 0.3) is 0 Å². The monoisotopic (exact) mass is 193 g/mol. The van der Waals surface area contributed by atoms with Crippen LogP contribution in [0.15, 0.2) is 0 Å². The van der Waals surface area contributed by atoms with Gasteiger partial charge in [0.05, 0.1) is 13.0 Å². The molecule has 0 aromatic rings. The van der Waals surface area contributed by atoms with E-state index in [-0.39, 0.29) is 30.3 Å². The fourth-order valence-electron chi connectivity index (χ4n) is 1.61. The summed E-state index contributed by atoms with van der Waals surface area (Å²) < 4.78 is 4.64. The molecule has 3 nitrogen and oxygen atoms in total. The summed E-state index contributed by atoms with van der Waals surface area (Å²) in [6, 6.07) is 0.202. The molecule has 2 atom stereocenters. The molecule has 0 heterocycles. The molecular weight excluding hydrogens is 178 g/mol. The van der Waals surface area contributed by atoms with Crippen molar-refractivity contribution < 1.29 is 9.53 Å². The molecule has 1 rings (SSSR count). The summed E-state index contributed by atoms with van der Waals surface area (Å²) in [5, 5.41) is 0. The van der Waals surface area contributed by atoms with Crippen molar-refractivity contribution in [1.29, 1.82) is 0 Å². The van der Waals surface area contributed by atoms with Crippen molar-refractivity contribution >= 4 is 18.4 Å². The van der Waals surface area contributed by atoms with Crippen molar-refractivity contribution in [2.75, 3.05) is 7.11 Å². The van der Waals surface area contributed by atoms with Crippen molar-refractivity contribution in [2.24, 2.45) is 11.7 Å². The molecule has 1 aliphatic rings. The van der Waals surface area contributed by atoms with E-state index >= 15 is 0 Å². The van der Waals surface area contributed by atoms with Crippen LogP contribution in [0.2, 0.25) is 0 Å². The molecule has 0 aromatic heterocycles. The number of rotatable bonds is 1. The quantitative estimate of drug-likeness (QED) is 0.635. The van der Waals surface area contributed by atoms with Gasteiger partial charge in [0.15, 0.2) is 0 Å². The second-order valence-corrected chi connectivity index (χ2v) is 3.15. The molecule has 0 amide bonds. The Hall–Kier alpha value is -0.280. The van der Waals surface area contributed by atoms with Crippen molar-refractivity contribution in [3.8, 4) is 0 Å². The summed E-state index contributed by atoms with van der Waals surface area (Å²) in [5.74, 6) is -0.0381. The molecule has 4 heteroatoms. The Morgan fingerprint density at radius 3 is 2.67 bits per heavy atom. The number of methoxy groups -OCH3 is 1. The largest absolute Gasteiger partial charge is 0.469 e. The molecule has 0 saturated heterocycles. The minimum absolute atomic E-state index is 0. The SMILES string of the molecule is COC(=O)[C@@H]1CCC[C@@H](N)C1.Cl. The maximum Gasteiger partial charge on any atom is 0.308 e. The average molecular weight is 194 g/mol. The molecule has 1 fully saturated rings. The Morgan fingerprint density at radius 2 is 2.17 bits per heavy atom. The molecule has 0 aromatic carbocycles. The van der Waals surface area contributed by atoms with Crippen LogP contribution >= 0.6 is 12.4 Å². The first kappa shape index (κ1) is 11.7. The lowest BCUT2D eigenvalue weighted by Gasteiger charge is -2.24. The first-order valence-electron chi connectivity index (χ1n) is 4.07. The molecule has 0 bridgehead atoms. The zero-order chi connectivity index (χ0) is 8.27. The topological polar surface area (TPSA) is 52.3 Å². The summed E-state index contributed by atoms with van der Waals surface area (Å²) in [6.07, 6.45) is 3.85. The highest BCUT2D eigenvalue weighted by Crippen LogP contribution is 2.23. The van der Waals surface area contributed by atoms with E-state index in [4.69, 9.17) is 5.73 Å². The standard InChI is InChI=1S/C8H15NO2.ClH/c1-11-8(10)6-3-2-4-7(9)5-6;/h6-7H,2-5,9H2,1H3;1H/t6-,7-;/m1./s1. The predicted molar refractivity (Wildman–Crippen MR) is 49.2 cm³/mol. The number of carbonyl (C=O) groups is 1. The van der Waals surface area contributed by atoms with Gasteiger partial charge >= 0.3 is 5.97 Å². The van der Waals surface area contributed by atoms with E-state index in [1.807, 2.05) is 0 Å². The van der Waals surface area contributed by atoms with Crippen molar-refractivity contribution in [3.63, 3.8) is 0 Å². The second-order valence-electron chi connectivity index (χ2n) is 3.15. The maximum atomic E-state index is 11.0. The van der Waals surface area contributed by atoms with Gasteiger partial charge in [-0.3, -0.25) is 4.79 Å². The van der Waals surface area contributed by atoms with Gasteiger partial charge in [0.1, 0.15) is 0 Å². The first-order chi connectivity index (χ1) is 5.24. The minimum atomic E-state index is -0.0971. The molecule has 0 spiro atoms. The highest BCUT2D eigenvalue weighted by molar-refractivity contribution is 5.85. The van der Waals surface area contributed by atoms with Crippen molar-refractivity contribution in [3.05, 3.63) is 0 Å². The lowest BCUT2D eigenvalue weighted by Crippen LogP contribution is -2.32. The van der Waals surface area contributed by atoms with Gasteiger partial charge in [-0.15, -0.1) is 12.4 Å². The van der Waals surface area contributed by atoms with Crippen LogP contribution in [0.3, 0.4) is 0 Å². The van der Waals surface area contributed by atoms with Crippen LogP contribution in [-0.4, -0.2) is 19.1 Å². The van der Waals surface area contributed by atoms with E-state index in [2.05, 4.69) is 4.74 Å². The Kier molecular flexibility index (Phi) is 5.25. The molecule has 0 aliphatic heterocycles. The number of halogens is 1. The van der Waals surface area contributed by atoms with Crippen LogP contribution < -0.4 is 5.73 Å². The van der Waals surface area contributed by atoms with Crippen LogP contribution in [0.4, 0.5) is 0 Å². The van der Waals surface area contributed by atoms with E-state index in [9.17, 15) is 4.79 Å². The molecule has 1 aliphatic carbocycles. The summed E-state index contributed by atoms with van der Waals surface area (Å²) >= 11 is 0. The van der Waals surface area contributed by atoms with E-state index in [0.717, 1.165) is 25.7 Å². The minimum Gasteiger partial charge on any atom is -0.469 e. The number of hydrogen-bond donors (Lipinski definition) is 1. The summed E-state index contributed by atoms with van der Waals surface area (Å²) in [4.78, 5) is 11.0. The van der Waals surface area contributed by atoms with Gasteiger partial charge in [-0.2, -0.15) is 0 Å². The predicted octanol–water partition coefficient (Wildman–Crippen LogP) is 1.10. The molecule has 72 valence electrons. The first-order valence-corrected chi connectivity index (χ1v) is 4.07. The normalized spacial score (nSPS) is 28.8. The molecule has 0 unspecified atom stereocenters.